The van der Waals surface area contributed by atoms with Gasteiger partial charge >= 0.3 is 0 Å². The van der Waals surface area contributed by atoms with Crippen LogP contribution in [0.25, 0.3) is 10.6 Å². The largest absolute Gasteiger partial charge is 0.355 e. The zero-order valence-electron chi connectivity index (χ0n) is 11.1. The predicted molar refractivity (Wildman–Crippen MR) is 77.2 cm³/mol. The van der Waals surface area contributed by atoms with Gasteiger partial charge in [0.05, 0.1) is 10.6 Å². The van der Waals surface area contributed by atoms with Crippen molar-refractivity contribution in [3.63, 3.8) is 0 Å². The van der Waals surface area contributed by atoms with Crippen LogP contribution in [0, 0.1) is 0 Å². The Balaban J connectivity index is 1.67. The molecule has 2 aromatic rings. The minimum atomic E-state index is 0.631. The smallest absolute Gasteiger partial charge is 0.177 e. The van der Waals surface area contributed by atoms with Gasteiger partial charge in [-0.1, -0.05) is 11.2 Å². The first kappa shape index (κ1) is 12.8. The zero-order chi connectivity index (χ0) is 13.1. The summed E-state index contributed by atoms with van der Waals surface area (Å²) in [5, 5.41) is 9.53. The number of likely N-dealkylation sites (tertiary alicyclic amines) is 1. The molecule has 1 saturated heterocycles. The van der Waals surface area contributed by atoms with Gasteiger partial charge in [-0.2, -0.15) is 0 Å². The summed E-state index contributed by atoms with van der Waals surface area (Å²) >= 11 is 1.68. The lowest BCUT2D eigenvalue weighted by molar-refractivity contribution is 0.235. The average molecular weight is 277 g/mol. The molecular weight excluding hydrogens is 258 g/mol. The van der Waals surface area contributed by atoms with Crippen LogP contribution >= 0.6 is 11.3 Å². The number of rotatable bonds is 5. The molecule has 0 radical (unpaired) electrons. The fraction of sp³-hybridized carbons (Fsp3) is 0.500. The van der Waals surface area contributed by atoms with Crippen LogP contribution < -0.4 is 5.32 Å². The van der Waals surface area contributed by atoms with Gasteiger partial charge in [-0.3, -0.25) is 4.90 Å². The van der Waals surface area contributed by atoms with Crippen LogP contribution in [0.3, 0.4) is 0 Å². The standard InChI is InChI=1S/C14H19N3OS/c1-15-9-12-4-2-6-17(12)10-11-8-13(18-16-11)14-5-3-7-19-14/h3,5,7-8,12,15H,2,4,6,9-10H2,1H3. The first-order valence-corrected chi connectivity index (χ1v) is 7.63. The zero-order valence-corrected chi connectivity index (χ0v) is 11.9. The van der Waals surface area contributed by atoms with E-state index in [0.29, 0.717) is 6.04 Å². The molecule has 19 heavy (non-hydrogen) atoms. The second-order valence-electron chi connectivity index (χ2n) is 4.98. The summed E-state index contributed by atoms with van der Waals surface area (Å²) in [6, 6.07) is 6.80. The summed E-state index contributed by atoms with van der Waals surface area (Å²) in [5.41, 5.74) is 1.03. The lowest BCUT2D eigenvalue weighted by atomic mass is 10.2. The number of thiophene rings is 1. The highest BCUT2D eigenvalue weighted by molar-refractivity contribution is 7.13. The molecule has 1 atom stereocenters. The van der Waals surface area contributed by atoms with Gasteiger partial charge in [0.25, 0.3) is 0 Å². The Labute approximate surface area is 117 Å². The summed E-state index contributed by atoms with van der Waals surface area (Å²) in [6.45, 7) is 3.10. The second-order valence-corrected chi connectivity index (χ2v) is 5.93. The second kappa shape index (κ2) is 5.86. The monoisotopic (exact) mass is 277 g/mol. The van der Waals surface area contributed by atoms with Crippen molar-refractivity contribution < 1.29 is 4.52 Å². The maximum Gasteiger partial charge on any atom is 0.177 e. The fourth-order valence-electron chi connectivity index (χ4n) is 2.70. The van der Waals surface area contributed by atoms with E-state index in [1.54, 1.807) is 11.3 Å². The van der Waals surface area contributed by atoms with Crippen molar-refractivity contribution in [2.45, 2.75) is 25.4 Å². The summed E-state index contributed by atoms with van der Waals surface area (Å²) in [4.78, 5) is 3.64. The molecule has 1 N–H and O–H groups in total. The van der Waals surface area contributed by atoms with Gasteiger partial charge in [0, 0.05) is 25.2 Å². The number of aromatic nitrogens is 1. The molecule has 0 amide bonds. The van der Waals surface area contributed by atoms with Crippen LogP contribution in [0.1, 0.15) is 18.5 Å². The van der Waals surface area contributed by atoms with Gasteiger partial charge in [-0.15, -0.1) is 11.3 Å². The van der Waals surface area contributed by atoms with Crippen LogP contribution in [-0.4, -0.2) is 36.2 Å². The third-order valence-corrected chi connectivity index (χ3v) is 4.51. The molecule has 0 spiro atoms. The Kier molecular flexibility index (Phi) is 3.96. The van der Waals surface area contributed by atoms with Crippen LogP contribution in [-0.2, 0) is 6.54 Å². The van der Waals surface area contributed by atoms with Gasteiger partial charge < -0.3 is 9.84 Å². The van der Waals surface area contributed by atoms with Gasteiger partial charge in [0.2, 0.25) is 0 Å². The Morgan fingerprint density at radius 3 is 3.32 bits per heavy atom. The Hall–Kier alpha value is -1.17. The first-order valence-electron chi connectivity index (χ1n) is 6.75. The molecule has 1 aliphatic heterocycles. The predicted octanol–water partition coefficient (Wildman–Crippen LogP) is 2.59. The lowest BCUT2D eigenvalue weighted by Gasteiger charge is -2.22. The van der Waals surface area contributed by atoms with E-state index >= 15 is 0 Å². The van der Waals surface area contributed by atoms with Crippen molar-refractivity contribution in [2.24, 2.45) is 0 Å². The lowest BCUT2D eigenvalue weighted by Crippen LogP contribution is -2.36. The maximum atomic E-state index is 5.43. The SMILES string of the molecule is CNCC1CCCN1Cc1cc(-c2cccs2)on1. The topological polar surface area (TPSA) is 41.3 Å². The summed E-state index contributed by atoms with van der Waals surface area (Å²) in [5.74, 6) is 0.884. The van der Waals surface area contributed by atoms with E-state index < -0.39 is 0 Å². The van der Waals surface area contributed by atoms with Crippen molar-refractivity contribution in [1.82, 2.24) is 15.4 Å². The van der Waals surface area contributed by atoms with E-state index in [4.69, 9.17) is 4.52 Å². The molecule has 0 aromatic carbocycles. The van der Waals surface area contributed by atoms with Gasteiger partial charge in [0.1, 0.15) is 0 Å². The molecular formula is C14H19N3OS. The van der Waals surface area contributed by atoms with Crippen molar-refractivity contribution in [2.75, 3.05) is 20.1 Å². The van der Waals surface area contributed by atoms with Crippen molar-refractivity contribution >= 4 is 11.3 Å². The minimum absolute atomic E-state index is 0.631. The molecule has 5 heteroatoms. The van der Waals surface area contributed by atoms with Crippen LogP contribution in [0.4, 0.5) is 0 Å². The van der Waals surface area contributed by atoms with Crippen LogP contribution in [0.15, 0.2) is 28.1 Å². The summed E-state index contributed by atoms with van der Waals surface area (Å²) < 4.78 is 5.43. The normalized spacial score (nSPS) is 20.2. The van der Waals surface area contributed by atoms with Gasteiger partial charge in [-0.25, -0.2) is 0 Å². The van der Waals surface area contributed by atoms with E-state index in [0.717, 1.165) is 36.0 Å². The van der Waals surface area contributed by atoms with Crippen molar-refractivity contribution in [3.8, 4) is 10.6 Å². The highest BCUT2D eigenvalue weighted by atomic mass is 32.1. The molecule has 1 unspecified atom stereocenters. The number of likely N-dealkylation sites (N-methyl/N-ethyl adjacent to an activating group) is 1. The third kappa shape index (κ3) is 2.88. The molecule has 102 valence electrons. The van der Waals surface area contributed by atoms with E-state index in [9.17, 15) is 0 Å². The maximum absolute atomic E-state index is 5.43. The van der Waals surface area contributed by atoms with Gasteiger partial charge in [-0.05, 0) is 37.9 Å². The Morgan fingerprint density at radius 2 is 2.53 bits per heavy atom. The Bertz CT molecular complexity index is 509. The number of nitrogens with one attached hydrogen (secondary N) is 1. The van der Waals surface area contributed by atoms with Crippen molar-refractivity contribution in [3.05, 3.63) is 29.3 Å². The summed E-state index contributed by atoms with van der Waals surface area (Å²) in [6.07, 6.45) is 2.55. The summed E-state index contributed by atoms with van der Waals surface area (Å²) in [7, 11) is 2.02. The average Bonchev–Trinajstić information content (AvgIpc) is 3.12. The highest BCUT2D eigenvalue weighted by Gasteiger charge is 2.24. The van der Waals surface area contributed by atoms with E-state index in [2.05, 4.69) is 32.9 Å². The Morgan fingerprint density at radius 1 is 1.58 bits per heavy atom. The van der Waals surface area contributed by atoms with Crippen LogP contribution in [0.5, 0.6) is 0 Å². The van der Waals surface area contributed by atoms with Crippen molar-refractivity contribution in [1.29, 1.82) is 0 Å². The first-order chi connectivity index (χ1) is 9.36. The molecule has 0 saturated carbocycles. The van der Waals surface area contributed by atoms with E-state index in [1.807, 2.05) is 13.1 Å². The fourth-order valence-corrected chi connectivity index (χ4v) is 3.37. The molecule has 4 nitrogen and oxygen atoms in total. The molecule has 1 aliphatic rings. The highest BCUT2D eigenvalue weighted by Crippen LogP contribution is 2.26. The third-order valence-electron chi connectivity index (χ3n) is 3.63. The number of hydrogen-bond acceptors (Lipinski definition) is 5. The van der Waals surface area contributed by atoms with Crippen LogP contribution in [0.2, 0.25) is 0 Å². The quantitative estimate of drug-likeness (QED) is 0.912. The van der Waals surface area contributed by atoms with E-state index in [-0.39, 0.29) is 0 Å². The van der Waals surface area contributed by atoms with Gasteiger partial charge in [0.15, 0.2) is 5.76 Å². The minimum Gasteiger partial charge on any atom is -0.355 e. The number of nitrogens with zero attached hydrogens (tertiary/aromatic N) is 2. The molecule has 3 rings (SSSR count). The van der Waals surface area contributed by atoms with E-state index in [1.165, 1.54) is 12.8 Å². The molecule has 2 aromatic heterocycles. The molecule has 0 bridgehead atoms. The molecule has 0 aliphatic carbocycles. The molecule has 3 heterocycles. The number of hydrogen-bond donors (Lipinski definition) is 1. The molecule has 1 fully saturated rings.